The lowest BCUT2D eigenvalue weighted by Gasteiger charge is -2.12. The zero-order valence-corrected chi connectivity index (χ0v) is 20.0. The van der Waals surface area contributed by atoms with Gasteiger partial charge in [-0.1, -0.05) is 24.3 Å². The number of hydrogen-bond donors (Lipinski definition) is 1. The number of carbonyl (C=O) groups excluding carboxylic acids is 2. The first-order valence-electron chi connectivity index (χ1n) is 11.0. The first kappa shape index (κ1) is 24.4. The van der Waals surface area contributed by atoms with Crippen LogP contribution in [0.25, 0.3) is 11.0 Å². The van der Waals surface area contributed by atoms with E-state index in [4.69, 9.17) is 4.74 Å². The van der Waals surface area contributed by atoms with E-state index in [1.54, 1.807) is 43.5 Å². The lowest BCUT2D eigenvalue weighted by atomic mass is 10.1. The number of fused-ring (bicyclic) bond motifs is 1. The summed E-state index contributed by atoms with van der Waals surface area (Å²) >= 11 is 0. The average Bonchev–Trinajstić information content (AvgIpc) is 2.92. The van der Waals surface area contributed by atoms with Crippen LogP contribution in [0.5, 0.6) is 5.75 Å². The maximum atomic E-state index is 13.2. The van der Waals surface area contributed by atoms with Crippen LogP contribution in [0, 0.1) is 0 Å². The molecule has 1 amide bonds. The zero-order valence-electron chi connectivity index (χ0n) is 20.0. The molecule has 2 heterocycles. The molecule has 2 aromatic heterocycles. The van der Waals surface area contributed by atoms with E-state index in [1.807, 2.05) is 12.1 Å². The number of benzene rings is 2. The van der Waals surface area contributed by atoms with Crippen LogP contribution >= 0.6 is 0 Å². The predicted octanol–water partition coefficient (Wildman–Crippen LogP) is 1.87. The molecule has 10 nitrogen and oxygen atoms in total. The molecule has 0 spiro atoms. The van der Waals surface area contributed by atoms with Gasteiger partial charge in [0.05, 0.1) is 37.3 Å². The Bertz CT molecular complexity index is 1550. The van der Waals surface area contributed by atoms with Crippen molar-refractivity contribution in [1.29, 1.82) is 0 Å². The smallest absolute Gasteiger partial charge is 0.337 e. The molecule has 0 saturated carbocycles. The Balaban J connectivity index is 1.61. The van der Waals surface area contributed by atoms with Crippen LogP contribution in [0.1, 0.15) is 31.8 Å². The van der Waals surface area contributed by atoms with Crippen LogP contribution in [-0.2, 0) is 24.9 Å². The van der Waals surface area contributed by atoms with Gasteiger partial charge in [0.2, 0.25) is 0 Å². The second kappa shape index (κ2) is 10.3. The molecule has 0 aliphatic rings. The average molecular weight is 489 g/mol. The van der Waals surface area contributed by atoms with Crippen molar-refractivity contribution < 1.29 is 19.1 Å². The minimum atomic E-state index is -0.567. The number of hydrogen-bond acceptors (Lipinski definition) is 7. The summed E-state index contributed by atoms with van der Waals surface area (Å²) in [6, 6.07) is 15.1. The lowest BCUT2D eigenvalue weighted by molar-refractivity contribution is 0.0600. The van der Waals surface area contributed by atoms with E-state index in [0.717, 1.165) is 10.1 Å². The standard InChI is InChI=1S/C26H24N4O6/c1-29-22-21(12-19(14-27-22)23(31)28-13-16-6-10-20(35-2)11-7-16)24(32)30(26(29)34)15-17-4-8-18(9-5-17)25(33)36-3/h4-12,14H,13,15H2,1-3H3,(H,28,31). The molecule has 0 fully saturated rings. The van der Waals surface area contributed by atoms with Gasteiger partial charge in [0.15, 0.2) is 0 Å². The largest absolute Gasteiger partial charge is 0.497 e. The van der Waals surface area contributed by atoms with Crippen molar-refractivity contribution in [1.82, 2.24) is 19.4 Å². The monoisotopic (exact) mass is 488 g/mol. The van der Waals surface area contributed by atoms with Gasteiger partial charge in [-0.05, 0) is 41.5 Å². The van der Waals surface area contributed by atoms with Crippen molar-refractivity contribution in [2.75, 3.05) is 14.2 Å². The van der Waals surface area contributed by atoms with Gasteiger partial charge in [0.1, 0.15) is 11.4 Å². The highest BCUT2D eigenvalue weighted by Gasteiger charge is 2.16. The van der Waals surface area contributed by atoms with Crippen LogP contribution in [0.3, 0.4) is 0 Å². The van der Waals surface area contributed by atoms with E-state index < -0.39 is 23.1 Å². The molecule has 2 aromatic carbocycles. The highest BCUT2D eigenvalue weighted by atomic mass is 16.5. The van der Waals surface area contributed by atoms with Crippen LogP contribution < -0.4 is 21.3 Å². The Labute approximate surface area is 205 Å². The normalized spacial score (nSPS) is 10.8. The van der Waals surface area contributed by atoms with E-state index >= 15 is 0 Å². The Kier molecular flexibility index (Phi) is 6.95. The summed E-state index contributed by atoms with van der Waals surface area (Å²) < 4.78 is 12.1. The molecule has 0 aliphatic heterocycles. The van der Waals surface area contributed by atoms with Crippen LogP contribution in [0.2, 0.25) is 0 Å². The molecule has 1 N–H and O–H groups in total. The van der Waals surface area contributed by atoms with Crippen molar-refractivity contribution in [3.05, 3.63) is 104 Å². The highest BCUT2D eigenvalue weighted by Crippen LogP contribution is 2.12. The number of carbonyl (C=O) groups is 2. The van der Waals surface area contributed by atoms with E-state index in [9.17, 15) is 19.2 Å². The van der Waals surface area contributed by atoms with Gasteiger partial charge in [0.25, 0.3) is 11.5 Å². The molecule has 0 bridgehead atoms. The first-order chi connectivity index (χ1) is 17.3. The van der Waals surface area contributed by atoms with Crippen molar-refractivity contribution in [2.45, 2.75) is 13.1 Å². The summed E-state index contributed by atoms with van der Waals surface area (Å²) in [5.41, 5.74) is 1.13. The van der Waals surface area contributed by atoms with E-state index in [2.05, 4.69) is 15.0 Å². The van der Waals surface area contributed by atoms with Crippen LogP contribution in [-0.4, -0.2) is 40.2 Å². The van der Waals surface area contributed by atoms with Crippen LogP contribution in [0.15, 0.2) is 70.4 Å². The molecule has 0 unspecified atom stereocenters. The number of aromatic nitrogens is 3. The van der Waals surface area contributed by atoms with Gasteiger partial charge in [-0.25, -0.2) is 14.6 Å². The molecule has 0 radical (unpaired) electrons. The lowest BCUT2D eigenvalue weighted by Crippen LogP contribution is -2.39. The first-order valence-corrected chi connectivity index (χ1v) is 11.0. The fraction of sp³-hybridized carbons (Fsp3) is 0.192. The van der Waals surface area contributed by atoms with Crippen molar-refractivity contribution in [3.8, 4) is 5.75 Å². The highest BCUT2D eigenvalue weighted by molar-refractivity contribution is 5.96. The number of nitrogens with zero attached hydrogens (tertiary/aromatic N) is 3. The minimum Gasteiger partial charge on any atom is -0.497 e. The summed E-state index contributed by atoms with van der Waals surface area (Å²) in [6.45, 7) is 0.261. The molecule has 0 aliphatic carbocycles. The number of pyridine rings is 1. The summed E-state index contributed by atoms with van der Waals surface area (Å²) in [4.78, 5) is 54.7. The van der Waals surface area contributed by atoms with Gasteiger partial charge < -0.3 is 14.8 Å². The molecular formula is C26H24N4O6. The van der Waals surface area contributed by atoms with Gasteiger partial charge in [0, 0.05) is 19.8 Å². The van der Waals surface area contributed by atoms with Gasteiger partial charge >= 0.3 is 11.7 Å². The number of ether oxygens (including phenoxy) is 2. The Morgan fingerprint density at radius 1 is 0.944 bits per heavy atom. The van der Waals surface area contributed by atoms with Gasteiger partial charge in [-0.15, -0.1) is 0 Å². The fourth-order valence-corrected chi connectivity index (χ4v) is 3.72. The number of aryl methyl sites for hydroxylation is 1. The number of nitrogens with one attached hydrogen (secondary N) is 1. The molecule has 10 heteroatoms. The number of rotatable bonds is 7. The maximum Gasteiger partial charge on any atom is 0.337 e. The summed E-state index contributed by atoms with van der Waals surface area (Å²) in [6.07, 6.45) is 1.33. The Morgan fingerprint density at radius 2 is 1.61 bits per heavy atom. The number of esters is 1. The zero-order chi connectivity index (χ0) is 25.8. The Hall–Kier alpha value is -4.73. The quantitative estimate of drug-likeness (QED) is 0.394. The molecular weight excluding hydrogens is 464 g/mol. The molecule has 36 heavy (non-hydrogen) atoms. The van der Waals surface area contributed by atoms with E-state index in [0.29, 0.717) is 16.9 Å². The third-order valence-corrected chi connectivity index (χ3v) is 5.77. The van der Waals surface area contributed by atoms with E-state index in [1.165, 1.54) is 31.0 Å². The molecule has 4 aromatic rings. The van der Waals surface area contributed by atoms with Crippen molar-refractivity contribution in [3.63, 3.8) is 0 Å². The third kappa shape index (κ3) is 4.88. The summed E-state index contributed by atoms with van der Waals surface area (Å²) in [5.74, 6) is -0.173. The molecule has 0 atom stereocenters. The topological polar surface area (TPSA) is 122 Å². The molecule has 184 valence electrons. The number of amides is 1. The fourth-order valence-electron chi connectivity index (χ4n) is 3.72. The Morgan fingerprint density at radius 3 is 2.25 bits per heavy atom. The SMILES string of the molecule is COC(=O)c1ccc(Cn2c(=O)c3cc(C(=O)NCc4ccc(OC)cc4)cnc3n(C)c2=O)cc1. The van der Waals surface area contributed by atoms with Gasteiger partial charge in [-0.2, -0.15) is 0 Å². The predicted molar refractivity (Wildman–Crippen MR) is 132 cm³/mol. The van der Waals surface area contributed by atoms with Crippen molar-refractivity contribution >= 4 is 22.9 Å². The maximum absolute atomic E-state index is 13.2. The summed E-state index contributed by atoms with van der Waals surface area (Å²) in [5, 5.41) is 2.94. The van der Waals surface area contributed by atoms with E-state index in [-0.39, 0.29) is 29.7 Å². The van der Waals surface area contributed by atoms with Crippen LogP contribution in [0.4, 0.5) is 0 Å². The molecule has 0 saturated heterocycles. The number of methoxy groups -OCH3 is 2. The minimum absolute atomic E-state index is 0.0171. The third-order valence-electron chi connectivity index (χ3n) is 5.77. The second-order valence-electron chi connectivity index (χ2n) is 8.05. The molecule has 4 rings (SSSR count). The second-order valence-corrected chi connectivity index (χ2v) is 8.05. The van der Waals surface area contributed by atoms with Gasteiger partial charge in [-0.3, -0.25) is 18.7 Å². The van der Waals surface area contributed by atoms with Crippen molar-refractivity contribution in [2.24, 2.45) is 7.05 Å². The summed E-state index contributed by atoms with van der Waals surface area (Å²) in [7, 11) is 4.38.